The molecular weight excluding hydrogens is 164 g/mol. The SMILES string of the molecule is CCC1CCCCN1N([C]=O)CC. The van der Waals surface area contributed by atoms with Crippen molar-refractivity contribution < 1.29 is 4.79 Å². The highest BCUT2D eigenvalue weighted by Gasteiger charge is 2.24. The Morgan fingerprint density at radius 2 is 2.23 bits per heavy atom. The fourth-order valence-corrected chi connectivity index (χ4v) is 2.02. The van der Waals surface area contributed by atoms with E-state index in [0.29, 0.717) is 6.04 Å². The lowest BCUT2D eigenvalue weighted by Crippen LogP contribution is -2.50. The van der Waals surface area contributed by atoms with E-state index >= 15 is 0 Å². The molecular formula is C10H19N2O. The number of rotatable bonds is 4. The lowest BCUT2D eigenvalue weighted by molar-refractivity contribution is -0.0228. The second kappa shape index (κ2) is 5.22. The summed E-state index contributed by atoms with van der Waals surface area (Å²) in [5, 5.41) is 3.86. The largest absolute Gasteiger partial charge is 0.327 e. The number of hydrogen-bond acceptors (Lipinski definition) is 2. The molecule has 1 aliphatic rings. The van der Waals surface area contributed by atoms with E-state index in [-0.39, 0.29) is 0 Å². The molecule has 0 spiro atoms. The molecule has 0 bridgehead atoms. The molecule has 0 aliphatic carbocycles. The summed E-state index contributed by atoms with van der Waals surface area (Å²) in [6.45, 7) is 5.93. The molecule has 0 saturated carbocycles. The summed E-state index contributed by atoms with van der Waals surface area (Å²) in [6, 6.07) is 0.551. The van der Waals surface area contributed by atoms with Crippen molar-refractivity contribution in [2.75, 3.05) is 13.1 Å². The third-order valence-electron chi connectivity index (χ3n) is 2.78. The van der Waals surface area contributed by atoms with Crippen molar-refractivity contribution in [1.82, 2.24) is 10.0 Å². The molecule has 0 N–H and O–H groups in total. The van der Waals surface area contributed by atoms with Crippen LogP contribution in [0.2, 0.25) is 0 Å². The normalized spacial score (nSPS) is 24.3. The van der Waals surface area contributed by atoms with E-state index in [1.807, 2.05) is 13.3 Å². The number of carbonyl (C=O) groups excluding carboxylic acids is 1. The van der Waals surface area contributed by atoms with Gasteiger partial charge in [0.1, 0.15) is 0 Å². The quantitative estimate of drug-likeness (QED) is 0.617. The van der Waals surface area contributed by atoms with Crippen molar-refractivity contribution in [3.63, 3.8) is 0 Å². The number of nitrogens with zero attached hydrogens (tertiary/aromatic N) is 2. The highest BCUT2D eigenvalue weighted by atomic mass is 16.1. The predicted molar refractivity (Wildman–Crippen MR) is 52.7 cm³/mol. The second-order valence-corrected chi connectivity index (χ2v) is 3.53. The Balaban J connectivity index is 2.56. The maximum atomic E-state index is 10.7. The molecule has 3 nitrogen and oxygen atoms in total. The summed E-state index contributed by atoms with van der Waals surface area (Å²) < 4.78 is 0. The zero-order chi connectivity index (χ0) is 9.68. The van der Waals surface area contributed by atoms with E-state index in [0.717, 1.165) is 19.5 Å². The van der Waals surface area contributed by atoms with E-state index in [1.54, 1.807) is 5.01 Å². The lowest BCUT2D eigenvalue weighted by atomic mass is 10.0. The van der Waals surface area contributed by atoms with E-state index in [2.05, 4.69) is 11.9 Å². The zero-order valence-corrected chi connectivity index (χ0v) is 8.62. The monoisotopic (exact) mass is 183 g/mol. The molecule has 1 rings (SSSR count). The van der Waals surface area contributed by atoms with E-state index in [4.69, 9.17) is 0 Å². The van der Waals surface area contributed by atoms with Crippen LogP contribution in [0, 0.1) is 0 Å². The van der Waals surface area contributed by atoms with Crippen LogP contribution < -0.4 is 0 Å². The highest BCUT2D eigenvalue weighted by Crippen LogP contribution is 2.20. The first-order valence-corrected chi connectivity index (χ1v) is 5.25. The van der Waals surface area contributed by atoms with Gasteiger partial charge in [0.25, 0.3) is 0 Å². The third kappa shape index (κ3) is 2.44. The molecule has 1 heterocycles. The van der Waals surface area contributed by atoms with Crippen LogP contribution in [0.3, 0.4) is 0 Å². The molecule has 1 aliphatic heterocycles. The number of hydrazine groups is 1. The summed E-state index contributed by atoms with van der Waals surface area (Å²) in [5.41, 5.74) is 0. The Morgan fingerprint density at radius 1 is 1.46 bits per heavy atom. The smallest absolute Gasteiger partial charge is 0.267 e. The first-order valence-electron chi connectivity index (χ1n) is 5.25. The fraction of sp³-hybridized carbons (Fsp3) is 0.900. The Hall–Kier alpha value is -0.570. The minimum absolute atomic E-state index is 0.551. The fourth-order valence-electron chi connectivity index (χ4n) is 2.02. The average molecular weight is 183 g/mol. The van der Waals surface area contributed by atoms with Crippen molar-refractivity contribution in [3.05, 3.63) is 0 Å². The summed E-state index contributed by atoms with van der Waals surface area (Å²) in [6.07, 6.45) is 6.84. The third-order valence-corrected chi connectivity index (χ3v) is 2.78. The van der Waals surface area contributed by atoms with Crippen molar-refractivity contribution in [2.45, 2.75) is 45.6 Å². The van der Waals surface area contributed by atoms with Crippen LogP contribution in [0.1, 0.15) is 39.5 Å². The average Bonchev–Trinajstić information content (AvgIpc) is 2.20. The molecule has 1 fully saturated rings. The first kappa shape index (κ1) is 10.5. The van der Waals surface area contributed by atoms with Gasteiger partial charge in [0.2, 0.25) is 0 Å². The molecule has 1 radical (unpaired) electrons. The van der Waals surface area contributed by atoms with Gasteiger partial charge in [-0.2, -0.15) is 0 Å². The number of piperidine rings is 1. The molecule has 1 unspecified atom stereocenters. The van der Waals surface area contributed by atoms with Gasteiger partial charge in [0, 0.05) is 19.1 Å². The molecule has 1 saturated heterocycles. The van der Waals surface area contributed by atoms with Crippen molar-refractivity contribution in [2.24, 2.45) is 0 Å². The standard InChI is InChI=1S/C10H19N2O/c1-3-10-7-5-6-8-12(10)11(4-2)9-13/h10H,3-8H2,1-2H3. The molecule has 3 heteroatoms. The predicted octanol–water partition coefficient (Wildman–Crippen LogP) is 1.56. The summed E-state index contributed by atoms with van der Waals surface area (Å²) in [4.78, 5) is 10.7. The Morgan fingerprint density at radius 3 is 2.77 bits per heavy atom. The van der Waals surface area contributed by atoms with Gasteiger partial charge in [0.15, 0.2) is 0 Å². The van der Waals surface area contributed by atoms with Gasteiger partial charge in [-0.25, -0.2) is 5.01 Å². The van der Waals surface area contributed by atoms with Crippen LogP contribution in [0.4, 0.5) is 0 Å². The minimum atomic E-state index is 0.551. The van der Waals surface area contributed by atoms with Crippen LogP contribution in [0.15, 0.2) is 0 Å². The second-order valence-electron chi connectivity index (χ2n) is 3.53. The van der Waals surface area contributed by atoms with Gasteiger partial charge in [0.05, 0.1) is 0 Å². The molecule has 1 amide bonds. The highest BCUT2D eigenvalue weighted by molar-refractivity contribution is 5.47. The molecule has 13 heavy (non-hydrogen) atoms. The molecule has 75 valence electrons. The summed E-state index contributed by atoms with van der Waals surface area (Å²) in [7, 11) is 0. The zero-order valence-electron chi connectivity index (χ0n) is 8.62. The molecule has 1 atom stereocenters. The summed E-state index contributed by atoms with van der Waals surface area (Å²) in [5.74, 6) is 0. The van der Waals surface area contributed by atoms with Gasteiger partial charge in [-0.05, 0) is 26.2 Å². The first-order chi connectivity index (χ1) is 6.33. The van der Waals surface area contributed by atoms with Crippen LogP contribution in [-0.2, 0) is 4.79 Å². The minimum Gasteiger partial charge on any atom is -0.267 e. The topological polar surface area (TPSA) is 23.6 Å². The Labute approximate surface area is 80.7 Å². The van der Waals surface area contributed by atoms with Crippen LogP contribution >= 0.6 is 0 Å². The molecule has 0 aromatic rings. The van der Waals surface area contributed by atoms with Crippen LogP contribution in [-0.4, -0.2) is 35.6 Å². The Kier molecular flexibility index (Phi) is 4.22. The van der Waals surface area contributed by atoms with Gasteiger partial charge >= 0.3 is 6.41 Å². The van der Waals surface area contributed by atoms with Crippen molar-refractivity contribution in [3.8, 4) is 0 Å². The van der Waals surface area contributed by atoms with Gasteiger partial charge in [-0.3, -0.25) is 9.80 Å². The van der Waals surface area contributed by atoms with Crippen molar-refractivity contribution in [1.29, 1.82) is 0 Å². The number of hydrogen-bond donors (Lipinski definition) is 0. The molecule has 0 aromatic carbocycles. The maximum absolute atomic E-state index is 10.7. The van der Waals surface area contributed by atoms with Gasteiger partial charge in [-0.15, -0.1) is 0 Å². The Bertz CT molecular complexity index is 161. The van der Waals surface area contributed by atoms with Gasteiger partial charge in [-0.1, -0.05) is 13.3 Å². The van der Waals surface area contributed by atoms with Crippen LogP contribution in [0.25, 0.3) is 0 Å². The van der Waals surface area contributed by atoms with E-state index < -0.39 is 0 Å². The number of amides is 1. The summed E-state index contributed by atoms with van der Waals surface area (Å²) >= 11 is 0. The molecule has 0 aromatic heterocycles. The lowest BCUT2D eigenvalue weighted by Gasteiger charge is -2.40. The van der Waals surface area contributed by atoms with E-state index in [1.165, 1.54) is 19.3 Å². The van der Waals surface area contributed by atoms with Crippen LogP contribution in [0.5, 0.6) is 0 Å². The van der Waals surface area contributed by atoms with Crippen molar-refractivity contribution >= 4 is 6.41 Å². The van der Waals surface area contributed by atoms with E-state index in [9.17, 15) is 4.79 Å². The maximum Gasteiger partial charge on any atom is 0.327 e. The van der Waals surface area contributed by atoms with Gasteiger partial charge < -0.3 is 0 Å².